The van der Waals surface area contributed by atoms with Crippen LogP contribution in [0, 0.1) is 5.41 Å². The van der Waals surface area contributed by atoms with Gasteiger partial charge in [0.2, 0.25) is 0 Å². The molecule has 0 saturated heterocycles. The summed E-state index contributed by atoms with van der Waals surface area (Å²) in [5, 5.41) is 0. The lowest BCUT2D eigenvalue weighted by atomic mass is 9.74. The Morgan fingerprint density at radius 1 is 1.20 bits per heavy atom. The van der Waals surface area contributed by atoms with E-state index in [-0.39, 0.29) is 0 Å². The van der Waals surface area contributed by atoms with Gasteiger partial charge in [0, 0.05) is 25.2 Å². The van der Waals surface area contributed by atoms with Crippen molar-refractivity contribution in [1.82, 2.24) is 4.90 Å². The molecule has 0 fully saturated rings. The van der Waals surface area contributed by atoms with Gasteiger partial charge in [-0.15, -0.1) is 0 Å². The maximum absolute atomic E-state index is 2.43. The second-order valence-electron chi connectivity index (χ2n) is 7.13. The molecule has 0 aromatic heterocycles. The smallest absolute Gasteiger partial charge is 0.0396 e. The van der Waals surface area contributed by atoms with Crippen molar-refractivity contribution in [2.24, 2.45) is 5.41 Å². The Balaban J connectivity index is 1.85. The van der Waals surface area contributed by atoms with Crippen LogP contribution < -0.4 is 0 Å². The van der Waals surface area contributed by atoms with Crippen molar-refractivity contribution in [3.05, 3.63) is 64.4 Å². The third kappa shape index (κ3) is 1.62. The third-order valence-electron chi connectivity index (χ3n) is 4.81. The molecule has 1 heteroatoms. The van der Waals surface area contributed by atoms with Gasteiger partial charge in [-0.1, -0.05) is 50.3 Å². The maximum Gasteiger partial charge on any atom is 0.0396 e. The highest BCUT2D eigenvalue weighted by Crippen LogP contribution is 2.49. The van der Waals surface area contributed by atoms with Crippen molar-refractivity contribution < 1.29 is 0 Å². The molecule has 1 heterocycles. The summed E-state index contributed by atoms with van der Waals surface area (Å²) in [6, 6.07) is 8.82. The molecule has 102 valence electrons. The predicted molar refractivity (Wildman–Crippen MR) is 84.4 cm³/mol. The molecule has 2 aliphatic carbocycles. The maximum atomic E-state index is 2.43. The second kappa shape index (κ2) is 3.88. The topological polar surface area (TPSA) is 3.24 Å². The Bertz CT molecular complexity index is 673. The van der Waals surface area contributed by atoms with Gasteiger partial charge >= 0.3 is 0 Å². The number of likely N-dealkylation sites (N-methyl/N-ethyl adjacent to an activating group) is 1. The van der Waals surface area contributed by atoms with Gasteiger partial charge < -0.3 is 4.90 Å². The summed E-state index contributed by atoms with van der Waals surface area (Å²) in [7, 11) is 2.23. The van der Waals surface area contributed by atoms with Gasteiger partial charge in [-0.05, 0) is 40.2 Å². The van der Waals surface area contributed by atoms with Gasteiger partial charge in [0.05, 0.1) is 0 Å². The Labute approximate surface area is 121 Å². The Hall–Kier alpha value is -1.76. The molecular formula is C19H21N. The molecule has 4 rings (SSSR count). The van der Waals surface area contributed by atoms with Crippen LogP contribution in [0.4, 0.5) is 0 Å². The van der Waals surface area contributed by atoms with Crippen molar-refractivity contribution >= 4 is 6.08 Å². The molecule has 0 radical (unpaired) electrons. The monoisotopic (exact) mass is 263 g/mol. The number of nitrogens with zero attached hydrogens (tertiary/aromatic N) is 1. The van der Waals surface area contributed by atoms with E-state index >= 15 is 0 Å². The number of fused-ring (bicyclic) bond motifs is 4. The van der Waals surface area contributed by atoms with Crippen molar-refractivity contribution in [3.63, 3.8) is 0 Å². The zero-order chi connectivity index (χ0) is 13.9. The Morgan fingerprint density at radius 2 is 2.00 bits per heavy atom. The first-order valence-electron chi connectivity index (χ1n) is 7.49. The van der Waals surface area contributed by atoms with Gasteiger partial charge in [0.25, 0.3) is 0 Å². The molecule has 0 bridgehead atoms. The van der Waals surface area contributed by atoms with E-state index in [2.05, 4.69) is 68.3 Å². The second-order valence-corrected chi connectivity index (χ2v) is 7.13. The summed E-state index contributed by atoms with van der Waals surface area (Å²) in [6.07, 6.45) is 8.32. The predicted octanol–water partition coefficient (Wildman–Crippen LogP) is 4.35. The summed E-state index contributed by atoms with van der Waals surface area (Å²) < 4.78 is 0. The van der Waals surface area contributed by atoms with E-state index in [1.165, 1.54) is 28.8 Å². The van der Waals surface area contributed by atoms with Crippen LogP contribution in [0.15, 0.2) is 53.3 Å². The fourth-order valence-electron chi connectivity index (χ4n) is 4.08. The SMILES string of the molecule is CN1CC(C)(C)CC2=C1C=CC1C2=Cc2ccccc21. The molecule has 0 saturated carbocycles. The molecule has 1 nitrogen and oxygen atoms in total. The lowest BCUT2D eigenvalue weighted by Gasteiger charge is -2.42. The minimum atomic E-state index is 0.360. The summed E-state index contributed by atoms with van der Waals surface area (Å²) in [4.78, 5) is 2.43. The van der Waals surface area contributed by atoms with Crippen molar-refractivity contribution in [2.75, 3.05) is 13.6 Å². The van der Waals surface area contributed by atoms with E-state index in [9.17, 15) is 0 Å². The van der Waals surface area contributed by atoms with Crippen LogP contribution >= 0.6 is 0 Å². The minimum Gasteiger partial charge on any atom is -0.374 e. The molecule has 1 atom stereocenters. The van der Waals surface area contributed by atoms with Gasteiger partial charge in [0.1, 0.15) is 0 Å². The fourth-order valence-corrected chi connectivity index (χ4v) is 4.08. The average molecular weight is 263 g/mol. The first kappa shape index (κ1) is 12.0. The highest BCUT2D eigenvalue weighted by molar-refractivity contribution is 5.75. The van der Waals surface area contributed by atoms with E-state index in [1.54, 1.807) is 5.57 Å². The third-order valence-corrected chi connectivity index (χ3v) is 4.81. The number of rotatable bonds is 0. The molecule has 20 heavy (non-hydrogen) atoms. The first-order valence-corrected chi connectivity index (χ1v) is 7.49. The summed E-state index contributed by atoms with van der Waals surface area (Å²) in [5.74, 6) is 0.479. The zero-order valence-corrected chi connectivity index (χ0v) is 12.5. The van der Waals surface area contributed by atoms with Crippen LogP contribution in [-0.4, -0.2) is 18.5 Å². The first-order chi connectivity index (χ1) is 9.55. The number of hydrogen-bond donors (Lipinski definition) is 0. The van der Waals surface area contributed by atoms with Crippen molar-refractivity contribution in [2.45, 2.75) is 26.2 Å². The summed E-state index contributed by atoms with van der Waals surface area (Å²) in [5.41, 5.74) is 7.75. The van der Waals surface area contributed by atoms with Crippen LogP contribution in [0.2, 0.25) is 0 Å². The normalized spacial score (nSPS) is 26.1. The van der Waals surface area contributed by atoms with E-state index in [1.807, 2.05) is 0 Å². The molecular weight excluding hydrogens is 242 g/mol. The van der Waals surface area contributed by atoms with Gasteiger partial charge in [0.15, 0.2) is 0 Å². The lowest BCUT2D eigenvalue weighted by Crippen LogP contribution is -2.37. The van der Waals surface area contributed by atoms with Gasteiger partial charge in [-0.3, -0.25) is 0 Å². The lowest BCUT2D eigenvalue weighted by molar-refractivity contribution is 0.222. The number of hydrogen-bond acceptors (Lipinski definition) is 1. The quantitative estimate of drug-likeness (QED) is 0.672. The molecule has 3 aliphatic rings. The highest BCUT2D eigenvalue weighted by atomic mass is 15.1. The molecule has 0 spiro atoms. The van der Waals surface area contributed by atoms with E-state index in [0.717, 1.165) is 6.54 Å². The Morgan fingerprint density at radius 3 is 2.85 bits per heavy atom. The minimum absolute atomic E-state index is 0.360. The molecule has 1 aromatic carbocycles. The standard InChI is InChI=1S/C19H21N/c1-19(2)11-17-16-10-13-6-4-5-7-14(13)15(16)8-9-18(17)20(3)12-19/h4-10,15H,11-12H2,1-3H3. The highest BCUT2D eigenvalue weighted by Gasteiger charge is 2.36. The van der Waals surface area contributed by atoms with Crippen LogP contribution in [0.25, 0.3) is 6.08 Å². The van der Waals surface area contributed by atoms with Crippen LogP contribution in [0.1, 0.15) is 37.3 Å². The van der Waals surface area contributed by atoms with Crippen LogP contribution in [0.3, 0.4) is 0 Å². The Kier molecular flexibility index (Phi) is 2.33. The van der Waals surface area contributed by atoms with Crippen LogP contribution in [0.5, 0.6) is 0 Å². The van der Waals surface area contributed by atoms with Gasteiger partial charge in [-0.25, -0.2) is 0 Å². The number of benzene rings is 1. The molecule has 0 N–H and O–H groups in total. The molecule has 1 aliphatic heterocycles. The largest absolute Gasteiger partial charge is 0.374 e. The average Bonchev–Trinajstić information content (AvgIpc) is 2.76. The fraction of sp³-hybridized carbons (Fsp3) is 0.368. The van der Waals surface area contributed by atoms with E-state index < -0.39 is 0 Å². The molecule has 1 aromatic rings. The molecule has 0 amide bonds. The molecule has 1 unspecified atom stereocenters. The van der Waals surface area contributed by atoms with E-state index in [4.69, 9.17) is 0 Å². The summed E-state index contributed by atoms with van der Waals surface area (Å²) >= 11 is 0. The summed E-state index contributed by atoms with van der Waals surface area (Å²) in [6.45, 7) is 5.90. The van der Waals surface area contributed by atoms with Crippen molar-refractivity contribution in [1.29, 1.82) is 0 Å². The number of allylic oxidation sites excluding steroid dienone is 4. The zero-order valence-electron chi connectivity index (χ0n) is 12.5. The van der Waals surface area contributed by atoms with Gasteiger partial charge in [-0.2, -0.15) is 0 Å². The van der Waals surface area contributed by atoms with Crippen LogP contribution in [-0.2, 0) is 0 Å². The van der Waals surface area contributed by atoms with E-state index in [0.29, 0.717) is 11.3 Å². The van der Waals surface area contributed by atoms with Crippen molar-refractivity contribution in [3.8, 4) is 0 Å².